The molecule has 0 N–H and O–H groups in total. The first-order valence-electron chi connectivity index (χ1n) is 6.22. The average molecular weight is 286 g/mol. The first-order chi connectivity index (χ1) is 9.56. The summed E-state index contributed by atoms with van der Waals surface area (Å²) in [5, 5.41) is 1.31. The molecular weight excluding hydrogens is 274 g/mol. The van der Waals surface area contributed by atoms with Crippen molar-refractivity contribution in [3.63, 3.8) is 0 Å². The molecule has 0 aliphatic rings. The number of fused-ring (bicyclic) bond motifs is 1. The molecule has 100 valence electrons. The van der Waals surface area contributed by atoms with E-state index in [4.69, 9.17) is 16.0 Å². The van der Waals surface area contributed by atoms with Gasteiger partial charge in [0.2, 0.25) is 5.78 Å². The van der Waals surface area contributed by atoms with E-state index in [1.807, 2.05) is 32.0 Å². The molecule has 3 rings (SSSR count). The van der Waals surface area contributed by atoms with Crippen molar-refractivity contribution in [3.8, 4) is 0 Å². The predicted octanol–water partition coefficient (Wildman–Crippen LogP) is 4.33. The van der Waals surface area contributed by atoms with Crippen LogP contribution in [0.2, 0.25) is 5.02 Å². The molecule has 0 saturated heterocycles. The van der Waals surface area contributed by atoms with Gasteiger partial charge in [0.25, 0.3) is 0 Å². The van der Waals surface area contributed by atoms with Gasteiger partial charge in [-0.3, -0.25) is 9.78 Å². The molecular formula is C16H12ClNO2. The summed E-state index contributed by atoms with van der Waals surface area (Å²) in [6.45, 7) is 3.80. The smallest absolute Gasteiger partial charge is 0.246 e. The molecule has 0 saturated carbocycles. The molecule has 4 heteroatoms. The monoisotopic (exact) mass is 285 g/mol. The topological polar surface area (TPSA) is 43.1 Å². The van der Waals surface area contributed by atoms with Crippen LogP contribution in [0.25, 0.3) is 11.0 Å². The second-order valence-electron chi connectivity index (χ2n) is 4.78. The highest BCUT2D eigenvalue weighted by molar-refractivity contribution is 6.35. The molecule has 0 bridgehead atoms. The van der Waals surface area contributed by atoms with Crippen molar-refractivity contribution in [1.82, 2.24) is 4.98 Å². The zero-order valence-corrected chi connectivity index (χ0v) is 11.9. The molecule has 2 heterocycles. The summed E-state index contributed by atoms with van der Waals surface area (Å²) in [5.74, 6) is 0.0299. The molecule has 0 fully saturated rings. The maximum atomic E-state index is 12.5. The van der Waals surface area contributed by atoms with Crippen molar-refractivity contribution in [2.24, 2.45) is 0 Å². The van der Waals surface area contributed by atoms with Crippen molar-refractivity contribution >= 4 is 28.4 Å². The van der Waals surface area contributed by atoms with Crippen molar-refractivity contribution in [2.45, 2.75) is 13.8 Å². The largest absolute Gasteiger partial charge is 0.451 e. The Hall–Kier alpha value is -2.13. The second kappa shape index (κ2) is 4.76. The Balaban J connectivity index is 2.10. The highest BCUT2D eigenvalue weighted by atomic mass is 35.5. The predicted molar refractivity (Wildman–Crippen MR) is 78.4 cm³/mol. The molecule has 0 radical (unpaired) electrons. The SMILES string of the molecule is Cc1cnc(C(=O)c2cc3cccc(Cl)c3o2)c(C)c1. The van der Waals surface area contributed by atoms with Gasteiger partial charge in [0.05, 0.1) is 5.02 Å². The molecule has 1 aromatic carbocycles. The van der Waals surface area contributed by atoms with E-state index in [2.05, 4.69) is 4.98 Å². The van der Waals surface area contributed by atoms with Crippen LogP contribution in [-0.4, -0.2) is 10.8 Å². The molecule has 0 aliphatic carbocycles. The van der Waals surface area contributed by atoms with Gasteiger partial charge in [0.1, 0.15) is 5.69 Å². The molecule has 20 heavy (non-hydrogen) atoms. The number of hydrogen-bond donors (Lipinski definition) is 0. The molecule has 2 aromatic heterocycles. The van der Waals surface area contributed by atoms with Crippen molar-refractivity contribution in [3.05, 3.63) is 64.1 Å². The number of hydrogen-bond acceptors (Lipinski definition) is 3. The number of ketones is 1. The summed E-state index contributed by atoms with van der Waals surface area (Å²) in [6.07, 6.45) is 1.68. The maximum Gasteiger partial charge on any atom is 0.246 e. The van der Waals surface area contributed by atoms with E-state index in [1.54, 1.807) is 18.3 Å². The number of nitrogens with zero attached hydrogens (tertiary/aromatic N) is 1. The Labute approximate surface area is 121 Å². The fourth-order valence-corrected chi connectivity index (χ4v) is 2.43. The van der Waals surface area contributed by atoms with Gasteiger partial charge in [-0.25, -0.2) is 0 Å². The fourth-order valence-electron chi connectivity index (χ4n) is 2.21. The number of aryl methyl sites for hydroxylation is 2. The van der Waals surface area contributed by atoms with Gasteiger partial charge in [0, 0.05) is 11.6 Å². The van der Waals surface area contributed by atoms with Crippen molar-refractivity contribution < 1.29 is 9.21 Å². The first-order valence-corrected chi connectivity index (χ1v) is 6.60. The van der Waals surface area contributed by atoms with Gasteiger partial charge in [-0.15, -0.1) is 0 Å². The Morgan fingerprint density at radius 1 is 1.25 bits per heavy atom. The lowest BCUT2D eigenvalue weighted by Gasteiger charge is -2.02. The van der Waals surface area contributed by atoms with E-state index in [1.165, 1.54) is 0 Å². The normalized spacial score (nSPS) is 10.9. The summed E-state index contributed by atoms with van der Waals surface area (Å²) in [7, 11) is 0. The number of carbonyl (C=O) groups is 1. The van der Waals surface area contributed by atoms with E-state index < -0.39 is 0 Å². The van der Waals surface area contributed by atoms with E-state index in [0.717, 1.165) is 16.5 Å². The highest BCUT2D eigenvalue weighted by Gasteiger charge is 2.18. The van der Waals surface area contributed by atoms with Crippen LogP contribution in [0.1, 0.15) is 27.4 Å². The Morgan fingerprint density at radius 3 is 2.75 bits per heavy atom. The zero-order chi connectivity index (χ0) is 14.3. The van der Waals surface area contributed by atoms with Crippen LogP contribution in [0.4, 0.5) is 0 Å². The van der Waals surface area contributed by atoms with Crippen LogP contribution >= 0.6 is 11.6 Å². The summed E-state index contributed by atoms with van der Waals surface area (Å²) in [4.78, 5) is 16.7. The number of aromatic nitrogens is 1. The Morgan fingerprint density at radius 2 is 2.05 bits per heavy atom. The minimum atomic E-state index is -0.227. The Bertz CT molecular complexity index is 820. The molecule has 0 spiro atoms. The van der Waals surface area contributed by atoms with Gasteiger partial charge in [-0.2, -0.15) is 0 Å². The number of benzene rings is 1. The minimum absolute atomic E-state index is 0.227. The lowest BCUT2D eigenvalue weighted by atomic mass is 10.1. The lowest BCUT2D eigenvalue weighted by Crippen LogP contribution is -2.05. The molecule has 0 atom stereocenters. The minimum Gasteiger partial charge on any atom is -0.451 e. The molecule has 3 nitrogen and oxygen atoms in total. The summed E-state index contributed by atoms with van der Waals surface area (Å²) in [6, 6.07) is 9.04. The van der Waals surface area contributed by atoms with E-state index in [0.29, 0.717) is 16.3 Å². The van der Waals surface area contributed by atoms with Gasteiger partial charge < -0.3 is 4.42 Å². The van der Waals surface area contributed by atoms with Gasteiger partial charge in [0.15, 0.2) is 11.3 Å². The van der Waals surface area contributed by atoms with Gasteiger partial charge in [-0.1, -0.05) is 29.8 Å². The van der Waals surface area contributed by atoms with E-state index in [9.17, 15) is 4.79 Å². The maximum absolute atomic E-state index is 12.5. The van der Waals surface area contributed by atoms with Crippen LogP contribution < -0.4 is 0 Å². The third-order valence-electron chi connectivity index (χ3n) is 3.15. The fraction of sp³-hybridized carbons (Fsp3) is 0.125. The first kappa shape index (κ1) is 12.9. The van der Waals surface area contributed by atoms with Crippen molar-refractivity contribution in [1.29, 1.82) is 0 Å². The number of para-hydroxylation sites is 1. The van der Waals surface area contributed by atoms with Crippen molar-refractivity contribution in [2.75, 3.05) is 0 Å². The van der Waals surface area contributed by atoms with Crippen LogP contribution in [0.3, 0.4) is 0 Å². The molecule has 0 unspecified atom stereocenters. The highest BCUT2D eigenvalue weighted by Crippen LogP contribution is 2.27. The van der Waals surface area contributed by atoms with Gasteiger partial charge in [-0.05, 0) is 37.1 Å². The number of rotatable bonds is 2. The molecule has 0 aliphatic heterocycles. The summed E-state index contributed by atoms with van der Waals surface area (Å²) >= 11 is 6.05. The van der Waals surface area contributed by atoms with Crippen LogP contribution in [0.5, 0.6) is 0 Å². The number of furan rings is 1. The lowest BCUT2D eigenvalue weighted by molar-refractivity contribution is 0.101. The Kier molecular flexibility index (Phi) is 3.07. The third kappa shape index (κ3) is 2.10. The average Bonchev–Trinajstić information content (AvgIpc) is 2.83. The van der Waals surface area contributed by atoms with Crippen LogP contribution in [-0.2, 0) is 0 Å². The standard InChI is InChI=1S/C16H12ClNO2/c1-9-6-10(2)14(18-8-9)15(19)13-7-11-4-3-5-12(17)16(11)20-13/h3-8H,1-2H3. The summed E-state index contributed by atoms with van der Waals surface area (Å²) < 4.78 is 5.58. The number of pyridine rings is 1. The second-order valence-corrected chi connectivity index (χ2v) is 5.18. The number of carbonyl (C=O) groups excluding carboxylic acids is 1. The number of halogens is 1. The molecule has 0 amide bonds. The van der Waals surface area contributed by atoms with E-state index >= 15 is 0 Å². The molecule has 3 aromatic rings. The quantitative estimate of drug-likeness (QED) is 0.658. The third-order valence-corrected chi connectivity index (χ3v) is 3.45. The van der Waals surface area contributed by atoms with E-state index in [-0.39, 0.29) is 11.5 Å². The van der Waals surface area contributed by atoms with Crippen LogP contribution in [0.15, 0.2) is 40.9 Å². The zero-order valence-electron chi connectivity index (χ0n) is 11.1. The summed E-state index contributed by atoms with van der Waals surface area (Å²) in [5.41, 5.74) is 2.79. The van der Waals surface area contributed by atoms with Gasteiger partial charge >= 0.3 is 0 Å². The van der Waals surface area contributed by atoms with Crippen LogP contribution in [0, 0.1) is 13.8 Å².